The molecule has 4 aromatic rings. The van der Waals surface area contributed by atoms with Crippen molar-refractivity contribution in [3.8, 4) is 11.3 Å². The van der Waals surface area contributed by atoms with Gasteiger partial charge in [0.2, 0.25) is 11.7 Å². The molecule has 1 saturated heterocycles. The topological polar surface area (TPSA) is 72.4 Å². The van der Waals surface area contributed by atoms with Crippen LogP contribution < -0.4 is 0 Å². The van der Waals surface area contributed by atoms with Crippen molar-refractivity contribution in [1.29, 1.82) is 0 Å². The molecule has 0 unspecified atom stereocenters. The van der Waals surface area contributed by atoms with E-state index in [1.165, 1.54) is 12.1 Å². The van der Waals surface area contributed by atoms with Crippen LogP contribution in [0.3, 0.4) is 0 Å². The average Bonchev–Trinajstić information content (AvgIpc) is 3.56. The van der Waals surface area contributed by atoms with Crippen LogP contribution >= 0.6 is 11.6 Å². The molecule has 2 aromatic heterocycles. The van der Waals surface area contributed by atoms with Gasteiger partial charge in [0.15, 0.2) is 0 Å². The minimum atomic E-state index is -0.340. The fraction of sp³-hybridized carbons (Fsp3) is 0.208. The molecule has 0 bridgehead atoms. The molecule has 8 heteroatoms. The second-order valence-corrected chi connectivity index (χ2v) is 8.08. The molecule has 1 aliphatic heterocycles. The number of nitrogens with zero attached hydrogens (tertiary/aromatic N) is 3. The summed E-state index contributed by atoms with van der Waals surface area (Å²) in [6, 6.07) is 14.7. The van der Waals surface area contributed by atoms with E-state index in [1.807, 2.05) is 24.3 Å². The third kappa shape index (κ3) is 4.03. The Kier molecular flexibility index (Phi) is 5.49. The van der Waals surface area contributed by atoms with E-state index in [0.717, 1.165) is 18.4 Å². The molecule has 0 saturated carbocycles. The van der Waals surface area contributed by atoms with E-state index in [9.17, 15) is 9.18 Å². The molecule has 0 aliphatic carbocycles. The Morgan fingerprint density at radius 1 is 1.19 bits per heavy atom. The minimum Gasteiger partial charge on any atom is -0.443 e. The standard InChI is InChI=1S/C24H19ClFN3O3/c25-19-5-2-1-4-16(19)12-18-14-27-23(31-18)21-6-3-11-29(21)24(30)22-13-20(28-32-22)15-7-9-17(26)10-8-15/h1-2,4-5,7-10,13-14,21H,3,6,11-12H2/t21-/m0/s1. The van der Waals surface area contributed by atoms with E-state index < -0.39 is 0 Å². The van der Waals surface area contributed by atoms with Crippen LogP contribution in [0.2, 0.25) is 5.02 Å². The summed E-state index contributed by atoms with van der Waals surface area (Å²) in [4.78, 5) is 19.2. The summed E-state index contributed by atoms with van der Waals surface area (Å²) in [6.07, 6.45) is 3.78. The van der Waals surface area contributed by atoms with Crippen molar-refractivity contribution in [2.75, 3.05) is 6.54 Å². The highest BCUT2D eigenvalue weighted by atomic mass is 35.5. The zero-order chi connectivity index (χ0) is 22.1. The lowest BCUT2D eigenvalue weighted by Gasteiger charge is -2.20. The van der Waals surface area contributed by atoms with Crippen LogP contribution in [0.1, 0.15) is 46.7 Å². The van der Waals surface area contributed by atoms with Gasteiger partial charge in [-0.05, 0) is 48.7 Å². The van der Waals surface area contributed by atoms with Crippen LogP contribution in [0.25, 0.3) is 11.3 Å². The van der Waals surface area contributed by atoms with Gasteiger partial charge in [0.25, 0.3) is 5.91 Å². The summed E-state index contributed by atoms with van der Waals surface area (Å²) < 4.78 is 24.4. The van der Waals surface area contributed by atoms with Crippen molar-refractivity contribution in [2.45, 2.75) is 25.3 Å². The number of hydrogen-bond donors (Lipinski definition) is 0. The zero-order valence-corrected chi connectivity index (χ0v) is 17.8. The molecule has 0 radical (unpaired) electrons. The second-order valence-electron chi connectivity index (χ2n) is 7.67. The minimum absolute atomic E-state index is 0.124. The lowest BCUT2D eigenvalue weighted by molar-refractivity contribution is 0.0672. The van der Waals surface area contributed by atoms with Gasteiger partial charge in [-0.2, -0.15) is 0 Å². The summed E-state index contributed by atoms with van der Waals surface area (Å²) in [5, 5.41) is 4.64. The van der Waals surface area contributed by atoms with Crippen LogP contribution in [0.5, 0.6) is 0 Å². The normalized spacial score (nSPS) is 15.9. The monoisotopic (exact) mass is 451 g/mol. The van der Waals surface area contributed by atoms with E-state index in [-0.39, 0.29) is 23.5 Å². The van der Waals surface area contributed by atoms with Gasteiger partial charge in [-0.1, -0.05) is 35.0 Å². The fourth-order valence-electron chi connectivity index (χ4n) is 3.93. The Labute approximate surface area is 188 Å². The molecule has 1 aliphatic rings. The summed E-state index contributed by atoms with van der Waals surface area (Å²) in [5.41, 5.74) is 2.09. The largest absolute Gasteiger partial charge is 0.443 e. The number of aromatic nitrogens is 2. The molecule has 1 amide bonds. The fourth-order valence-corrected chi connectivity index (χ4v) is 4.13. The number of carbonyl (C=O) groups excluding carboxylic acids is 1. The molecule has 2 aromatic carbocycles. The van der Waals surface area contributed by atoms with Crippen LogP contribution in [0, 0.1) is 5.82 Å². The number of hydrogen-bond acceptors (Lipinski definition) is 5. The van der Waals surface area contributed by atoms with E-state index >= 15 is 0 Å². The average molecular weight is 452 g/mol. The Morgan fingerprint density at radius 2 is 2.00 bits per heavy atom. The maximum Gasteiger partial charge on any atom is 0.293 e. The summed E-state index contributed by atoms with van der Waals surface area (Å²) in [5.74, 6) is 0.688. The molecular weight excluding hydrogens is 433 g/mol. The number of benzene rings is 2. The SMILES string of the molecule is O=C(c1cc(-c2ccc(F)cc2)no1)N1CCC[C@H]1c1ncc(Cc2ccccc2Cl)o1. The molecule has 1 fully saturated rings. The molecule has 32 heavy (non-hydrogen) atoms. The van der Waals surface area contributed by atoms with Gasteiger partial charge in [-0.15, -0.1) is 0 Å². The van der Waals surface area contributed by atoms with Crippen LogP contribution in [-0.2, 0) is 6.42 Å². The molecular formula is C24H19ClFN3O3. The van der Waals surface area contributed by atoms with Crippen molar-refractivity contribution in [1.82, 2.24) is 15.0 Å². The van der Waals surface area contributed by atoms with E-state index in [2.05, 4.69) is 10.1 Å². The first kappa shape index (κ1) is 20.5. The number of likely N-dealkylation sites (tertiary alicyclic amines) is 1. The van der Waals surface area contributed by atoms with Crippen molar-refractivity contribution in [3.63, 3.8) is 0 Å². The lowest BCUT2D eigenvalue weighted by atomic mass is 10.1. The van der Waals surface area contributed by atoms with Gasteiger partial charge in [0.05, 0.1) is 6.20 Å². The number of halogens is 2. The lowest BCUT2D eigenvalue weighted by Crippen LogP contribution is -2.30. The van der Waals surface area contributed by atoms with Crippen molar-refractivity contribution in [3.05, 3.63) is 94.6 Å². The predicted molar refractivity (Wildman–Crippen MR) is 116 cm³/mol. The Hall–Kier alpha value is -3.45. The van der Waals surface area contributed by atoms with E-state index in [1.54, 1.807) is 29.3 Å². The van der Waals surface area contributed by atoms with Crippen LogP contribution in [0.4, 0.5) is 4.39 Å². The van der Waals surface area contributed by atoms with Crippen molar-refractivity contribution < 1.29 is 18.1 Å². The maximum absolute atomic E-state index is 13.2. The van der Waals surface area contributed by atoms with Gasteiger partial charge in [-0.25, -0.2) is 9.37 Å². The first-order valence-electron chi connectivity index (χ1n) is 10.3. The van der Waals surface area contributed by atoms with Crippen LogP contribution in [-0.4, -0.2) is 27.5 Å². The Balaban J connectivity index is 1.33. The molecule has 1 atom stereocenters. The van der Waals surface area contributed by atoms with Crippen molar-refractivity contribution in [2.24, 2.45) is 0 Å². The number of rotatable bonds is 5. The first-order chi connectivity index (χ1) is 15.6. The Bertz CT molecular complexity index is 1250. The maximum atomic E-state index is 13.2. The van der Waals surface area contributed by atoms with Gasteiger partial charge < -0.3 is 13.8 Å². The summed E-state index contributed by atoms with van der Waals surface area (Å²) in [7, 11) is 0. The van der Waals surface area contributed by atoms with Gasteiger partial charge in [-0.3, -0.25) is 4.79 Å². The third-order valence-electron chi connectivity index (χ3n) is 5.55. The summed E-state index contributed by atoms with van der Waals surface area (Å²) >= 11 is 6.24. The van der Waals surface area contributed by atoms with Gasteiger partial charge in [0, 0.05) is 29.6 Å². The molecule has 162 valence electrons. The van der Waals surface area contributed by atoms with Crippen LogP contribution in [0.15, 0.2) is 69.7 Å². The highest BCUT2D eigenvalue weighted by Gasteiger charge is 2.35. The summed E-state index contributed by atoms with van der Waals surface area (Å²) in [6.45, 7) is 0.568. The highest BCUT2D eigenvalue weighted by molar-refractivity contribution is 6.31. The highest BCUT2D eigenvalue weighted by Crippen LogP contribution is 2.34. The number of carbonyl (C=O) groups is 1. The molecule has 3 heterocycles. The van der Waals surface area contributed by atoms with Gasteiger partial charge in [0.1, 0.15) is 23.3 Å². The second kappa shape index (κ2) is 8.59. The van der Waals surface area contributed by atoms with Crippen molar-refractivity contribution >= 4 is 17.5 Å². The first-order valence-corrected chi connectivity index (χ1v) is 10.7. The van der Waals surface area contributed by atoms with E-state index in [0.29, 0.717) is 40.9 Å². The number of amides is 1. The van der Waals surface area contributed by atoms with Gasteiger partial charge >= 0.3 is 0 Å². The molecule has 0 spiro atoms. The predicted octanol–water partition coefficient (Wildman–Crippen LogP) is 5.69. The molecule has 5 rings (SSSR count). The number of oxazole rings is 1. The van der Waals surface area contributed by atoms with E-state index in [4.69, 9.17) is 20.5 Å². The molecule has 0 N–H and O–H groups in total. The quantitative estimate of drug-likeness (QED) is 0.389. The smallest absolute Gasteiger partial charge is 0.293 e. The molecule has 6 nitrogen and oxygen atoms in total. The Morgan fingerprint density at radius 3 is 2.81 bits per heavy atom. The third-order valence-corrected chi connectivity index (χ3v) is 5.92. The zero-order valence-electron chi connectivity index (χ0n) is 17.0.